The maximum atomic E-state index is 6.36. The highest BCUT2D eigenvalue weighted by Crippen LogP contribution is 2.44. The smallest absolute Gasteiger partial charge is 0.293 e. The number of hydrogen-bond acceptors (Lipinski definition) is 3. The van der Waals surface area contributed by atoms with E-state index in [-0.39, 0.29) is 21.7 Å². The van der Waals surface area contributed by atoms with Crippen molar-refractivity contribution in [3.05, 3.63) is 58.7 Å². The lowest BCUT2D eigenvalue weighted by Gasteiger charge is -2.30. The van der Waals surface area contributed by atoms with Gasteiger partial charge in [-0.2, -0.15) is 0 Å². The van der Waals surface area contributed by atoms with Gasteiger partial charge in [0.15, 0.2) is 0 Å². The van der Waals surface area contributed by atoms with Crippen LogP contribution in [0.3, 0.4) is 0 Å². The van der Waals surface area contributed by atoms with E-state index >= 15 is 0 Å². The van der Waals surface area contributed by atoms with Crippen LogP contribution in [-0.4, -0.2) is 0 Å². The lowest BCUT2D eigenvalue weighted by molar-refractivity contribution is 0.466. The quantitative estimate of drug-likeness (QED) is 0.440. The first-order chi connectivity index (χ1) is 13.9. The number of rotatable bonds is 4. The topological polar surface area (TPSA) is 18.5 Å². The van der Waals surface area contributed by atoms with Crippen molar-refractivity contribution in [3.8, 4) is 11.5 Å². The van der Waals surface area contributed by atoms with Crippen molar-refractivity contribution >= 4 is 12.3 Å². The van der Waals surface area contributed by atoms with Crippen LogP contribution in [-0.2, 0) is 21.7 Å². The van der Waals surface area contributed by atoms with E-state index in [2.05, 4.69) is 119 Å². The highest BCUT2D eigenvalue weighted by atomic mass is 32.2. The van der Waals surface area contributed by atoms with Crippen LogP contribution in [0.5, 0.6) is 11.5 Å². The molecule has 31 heavy (non-hydrogen) atoms. The number of hydrogen-bond donors (Lipinski definition) is 0. The SMILES string of the molecule is CC(C)(C)c1cccc(C(C)(C)C)c1OSOc1c(C(C)(C)C)cccc1C(C)(C)C. The molecule has 0 aliphatic heterocycles. The summed E-state index contributed by atoms with van der Waals surface area (Å²) in [7, 11) is 0. The monoisotopic (exact) mass is 442 g/mol. The molecule has 0 aliphatic carbocycles. The van der Waals surface area contributed by atoms with E-state index in [4.69, 9.17) is 8.37 Å². The average Bonchev–Trinajstić information content (AvgIpc) is 2.58. The van der Waals surface area contributed by atoms with Crippen LogP contribution in [0.15, 0.2) is 36.4 Å². The Kier molecular flexibility index (Phi) is 7.22. The maximum absolute atomic E-state index is 6.36. The van der Waals surface area contributed by atoms with Gasteiger partial charge in [-0.1, -0.05) is 119 Å². The fourth-order valence-electron chi connectivity index (χ4n) is 3.70. The highest BCUT2D eigenvalue weighted by molar-refractivity contribution is 7.90. The second-order valence-electron chi connectivity index (χ2n) is 12.6. The number of para-hydroxylation sites is 2. The molecule has 2 aromatic rings. The first kappa shape index (κ1) is 25.6. The molecule has 0 amide bonds. The van der Waals surface area contributed by atoms with Crippen molar-refractivity contribution < 1.29 is 8.37 Å². The highest BCUT2D eigenvalue weighted by Gasteiger charge is 2.29. The number of benzene rings is 2. The Morgan fingerprint density at radius 3 is 0.871 bits per heavy atom. The van der Waals surface area contributed by atoms with Gasteiger partial charge in [-0.25, -0.2) is 0 Å². The van der Waals surface area contributed by atoms with E-state index in [1.807, 2.05) is 0 Å². The van der Waals surface area contributed by atoms with Crippen LogP contribution in [0.4, 0.5) is 0 Å². The van der Waals surface area contributed by atoms with Crippen molar-refractivity contribution in [2.75, 3.05) is 0 Å². The lowest BCUT2D eigenvalue weighted by Crippen LogP contribution is -2.19. The van der Waals surface area contributed by atoms with E-state index in [9.17, 15) is 0 Å². The molecule has 0 aliphatic rings. The molecule has 0 saturated carbocycles. The molecule has 2 aromatic carbocycles. The molecular weight excluding hydrogens is 400 g/mol. The molecule has 0 atom stereocenters. The minimum absolute atomic E-state index is 0.0307. The molecule has 2 nitrogen and oxygen atoms in total. The third-order valence-electron chi connectivity index (χ3n) is 5.50. The molecule has 0 spiro atoms. The second-order valence-corrected chi connectivity index (χ2v) is 13.1. The zero-order chi connectivity index (χ0) is 23.8. The Morgan fingerprint density at radius 1 is 0.452 bits per heavy atom. The van der Waals surface area contributed by atoms with E-state index in [1.54, 1.807) is 0 Å². The normalized spacial score (nSPS) is 13.3. The molecule has 0 bridgehead atoms. The average molecular weight is 443 g/mol. The van der Waals surface area contributed by atoms with Gasteiger partial charge in [-0.15, -0.1) is 0 Å². The van der Waals surface area contributed by atoms with Gasteiger partial charge in [-0.3, -0.25) is 0 Å². The zero-order valence-corrected chi connectivity index (χ0v) is 22.5. The van der Waals surface area contributed by atoms with Crippen molar-refractivity contribution in [1.29, 1.82) is 0 Å². The molecule has 0 fully saturated rings. The standard InChI is InChI=1S/C28H42O2S/c1-25(2,3)19-15-13-16-20(26(4,5)6)23(19)29-31-30-24-21(27(7,8)9)17-14-18-22(24)28(10,11)12/h13-18H,1-12H3. The molecule has 0 aromatic heterocycles. The van der Waals surface area contributed by atoms with Crippen LogP contribution in [0.25, 0.3) is 0 Å². The van der Waals surface area contributed by atoms with E-state index in [1.165, 1.54) is 22.3 Å². The van der Waals surface area contributed by atoms with Gasteiger partial charge in [0.05, 0.1) is 0 Å². The molecule has 0 saturated heterocycles. The summed E-state index contributed by atoms with van der Waals surface area (Å²) in [6.07, 6.45) is 0. The molecule has 0 unspecified atom stereocenters. The maximum Gasteiger partial charge on any atom is 0.293 e. The van der Waals surface area contributed by atoms with Gasteiger partial charge in [0, 0.05) is 22.3 Å². The summed E-state index contributed by atoms with van der Waals surface area (Å²) in [5.74, 6) is 1.83. The Hall–Kier alpha value is -1.61. The van der Waals surface area contributed by atoms with Gasteiger partial charge < -0.3 is 8.37 Å². The minimum Gasteiger partial charge on any atom is -0.391 e. The first-order valence-electron chi connectivity index (χ1n) is 11.2. The van der Waals surface area contributed by atoms with Crippen molar-refractivity contribution in [2.24, 2.45) is 0 Å². The Labute approximate surface area is 195 Å². The Morgan fingerprint density at radius 2 is 0.677 bits per heavy atom. The molecular formula is C28H42O2S. The predicted octanol–water partition coefficient (Wildman–Crippen LogP) is 8.90. The Balaban J connectivity index is 2.47. The minimum atomic E-state index is -0.0307. The summed E-state index contributed by atoms with van der Waals surface area (Å²) in [6.45, 7) is 26.7. The Bertz CT molecular complexity index is 761. The van der Waals surface area contributed by atoms with Gasteiger partial charge >= 0.3 is 0 Å². The van der Waals surface area contributed by atoms with Gasteiger partial charge in [0.2, 0.25) is 0 Å². The molecule has 2 rings (SSSR count). The van der Waals surface area contributed by atoms with E-state index in [0.29, 0.717) is 0 Å². The lowest BCUT2D eigenvalue weighted by atomic mass is 9.79. The summed E-state index contributed by atoms with van der Waals surface area (Å²) in [5, 5.41) is 0. The van der Waals surface area contributed by atoms with Crippen molar-refractivity contribution in [3.63, 3.8) is 0 Å². The van der Waals surface area contributed by atoms with Crippen LogP contribution >= 0.6 is 12.3 Å². The fraction of sp³-hybridized carbons (Fsp3) is 0.571. The summed E-state index contributed by atoms with van der Waals surface area (Å²) in [4.78, 5) is 0. The van der Waals surface area contributed by atoms with Crippen LogP contribution < -0.4 is 8.37 Å². The van der Waals surface area contributed by atoms with E-state index < -0.39 is 0 Å². The molecule has 0 N–H and O–H groups in total. The van der Waals surface area contributed by atoms with Crippen molar-refractivity contribution in [2.45, 2.75) is 105 Å². The second kappa shape index (κ2) is 8.73. The van der Waals surface area contributed by atoms with Crippen LogP contribution in [0.1, 0.15) is 105 Å². The fourth-order valence-corrected chi connectivity index (χ4v) is 4.23. The molecule has 0 radical (unpaired) electrons. The first-order valence-corrected chi connectivity index (χ1v) is 11.9. The molecule has 3 heteroatoms. The summed E-state index contributed by atoms with van der Waals surface area (Å²) in [6, 6.07) is 12.9. The third-order valence-corrected chi connectivity index (χ3v) is 5.97. The summed E-state index contributed by atoms with van der Waals surface area (Å²) < 4.78 is 12.7. The van der Waals surface area contributed by atoms with Gasteiger partial charge in [0.1, 0.15) is 11.5 Å². The summed E-state index contributed by atoms with van der Waals surface area (Å²) >= 11 is 1.08. The summed E-state index contributed by atoms with van der Waals surface area (Å²) in [5.41, 5.74) is 4.64. The van der Waals surface area contributed by atoms with Crippen LogP contribution in [0, 0.1) is 0 Å². The predicted molar refractivity (Wildman–Crippen MR) is 137 cm³/mol. The van der Waals surface area contributed by atoms with Crippen molar-refractivity contribution in [1.82, 2.24) is 0 Å². The van der Waals surface area contributed by atoms with Gasteiger partial charge in [-0.05, 0) is 21.7 Å². The van der Waals surface area contributed by atoms with Gasteiger partial charge in [0.25, 0.3) is 12.3 Å². The van der Waals surface area contributed by atoms with Crippen LogP contribution in [0.2, 0.25) is 0 Å². The molecule has 0 heterocycles. The third kappa shape index (κ3) is 6.22. The van der Waals surface area contributed by atoms with E-state index in [0.717, 1.165) is 23.8 Å². The molecule has 172 valence electrons. The largest absolute Gasteiger partial charge is 0.391 e. The zero-order valence-electron chi connectivity index (χ0n) is 21.7.